The highest BCUT2D eigenvalue weighted by Crippen LogP contribution is 2.31. The number of hydrogen-bond donors (Lipinski definition) is 2. The van der Waals surface area contributed by atoms with Gasteiger partial charge in [0.15, 0.2) is 0 Å². The standard InChI is InChI=1S/C16H21N3.2ClH/c1-2-5-16(19-10-8-17-9-11-19)14-12-18-15-7-4-3-6-13(14)15;;/h2-4,6-7,12,16-18H,1,5,8-11H2;2*1H/t16-;;/m0../s1. The van der Waals surface area contributed by atoms with Crippen molar-refractivity contribution in [3.8, 4) is 0 Å². The lowest BCUT2D eigenvalue weighted by molar-refractivity contribution is 0.175. The first-order valence-electron chi connectivity index (χ1n) is 7.02. The van der Waals surface area contributed by atoms with Crippen LogP contribution < -0.4 is 5.32 Å². The number of nitrogens with zero attached hydrogens (tertiary/aromatic N) is 1. The summed E-state index contributed by atoms with van der Waals surface area (Å²) in [5.41, 5.74) is 2.62. The number of piperazine rings is 1. The van der Waals surface area contributed by atoms with Gasteiger partial charge in [0.05, 0.1) is 0 Å². The summed E-state index contributed by atoms with van der Waals surface area (Å²) in [7, 11) is 0. The van der Waals surface area contributed by atoms with E-state index in [2.05, 4.69) is 52.2 Å². The molecule has 21 heavy (non-hydrogen) atoms. The number of benzene rings is 1. The third-order valence-electron chi connectivity index (χ3n) is 3.96. The van der Waals surface area contributed by atoms with Crippen molar-refractivity contribution in [1.29, 1.82) is 0 Å². The normalized spacial score (nSPS) is 16.8. The Balaban J connectivity index is 0.00000110. The average molecular weight is 328 g/mol. The summed E-state index contributed by atoms with van der Waals surface area (Å²) in [6, 6.07) is 8.98. The number of para-hydroxylation sites is 1. The van der Waals surface area contributed by atoms with E-state index in [1.807, 2.05) is 6.08 Å². The summed E-state index contributed by atoms with van der Waals surface area (Å²) in [5, 5.41) is 4.76. The topological polar surface area (TPSA) is 31.1 Å². The molecule has 2 heterocycles. The fourth-order valence-electron chi connectivity index (χ4n) is 2.99. The van der Waals surface area contributed by atoms with Gasteiger partial charge in [0.2, 0.25) is 0 Å². The maximum atomic E-state index is 3.93. The Kier molecular flexibility index (Phi) is 7.26. The Hall–Kier alpha value is -1.000. The molecule has 1 aromatic carbocycles. The summed E-state index contributed by atoms with van der Waals surface area (Å²) in [6.45, 7) is 8.31. The van der Waals surface area contributed by atoms with Gasteiger partial charge in [-0.1, -0.05) is 24.3 Å². The largest absolute Gasteiger partial charge is 0.361 e. The molecule has 0 unspecified atom stereocenters. The van der Waals surface area contributed by atoms with E-state index in [-0.39, 0.29) is 24.8 Å². The molecular weight excluding hydrogens is 305 g/mol. The minimum atomic E-state index is 0. The minimum absolute atomic E-state index is 0. The number of nitrogens with one attached hydrogen (secondary N) is 2. The summed E-state index contributed by atoms with van der Waals surface area (Å²) in [4.78, 5) is 5.95. The summed E-state index contributed by atoms with van der Waals surface area (Å²) in [5.74, 6) is 0. The molecular formula is C16H23Cl2N3. The molecule has 0 saturated carbocycles. The van der Waals surface area contributed by atoms with E-state index in [0.717, 1.165) is 32.6 Å². The van der Waals surface area contributed by atoms with Crippen LogP contribution in [0.3, 0.4) is 0 Å². The molecule has 0 amide bonds. The van der Waals surface area contributed by atoms with Crippen molar-refractivity contribution in [1.82, 2.24) is 15.2 Å². The van der Waals surface area contributed by atoms with Crippen molar-refractivity contribution in [2.24, 2.45) is 0 Å². The fourth-order valence-corrected chi connectivity index (χ4v) is 2.99. The Morgan fingerprint density at radius 1 is 1.19 bits per heavy atom. The lowest BCUT2D eigenvalue weighted by Gasteiger charge is -2.34. The Labute approximate surface area is 138 Å². The lowest BCUT2D eigenvalue weighted by atomic mass is 10.0. The summed E-state index contributed by atoms with van der Waals surface area (Å²) in [6.07, 6.45) is 5.21. The predicted molar refractivity (Wildman–Crippen MR) is 94.8 cm³/mol. The van der Waals surface area contributed by atoms with Crippen molar-refractivity contribution < 1.29 is 0 Å². The molecule has 1 fully saturated rings. The number of aromatic amines is 1. The first kappa shape index (κ1) is 18.1. The maximum Gasteiger partial charge on any atom is 0.0457 e. The number of aromatic nitrogens is 1. The van der Waals surface area contributed by atoms with Crippen LogP contribution >= 0.6 is 24.8 Å². The van der Waals surface area contributed by atoms with E-state index >= 15 is 0 Å². The second-order valence-electron chi connectivity index (χ2n) is 5.12. The number of H-pyrrole nitrogens is 1. The maximum absolute atomic E-state index is 3.93. The highest BCUT2D eigenvalue weighted by molar-refractivity contribution is 5.85. The van der Waals surface area contributed by atoms with Crippen LogP contribution in [-0.4, -0.2) is 36.1 Å². The molecule has 0 radical (unpaired) electrons. The van der Waals surface area contributed by atoms with E-state index in [4.69, 9.17) is 0 Å². The quantitative estimate of drug-likeness (QED) is 0.841. The lowest BCUT2D eigenvalue weighted by Crippen LogP contribution is -2.45. The highest BCUT2D eigenvalue weighted by atomic mass is 35.5. The van der Waals surface area contributed by atoms with Crippen LogP contribution in [0, 0.1) is 0 Å². The highest BCUT2D eigenvalue weighted by Gasteiger charge is 2.23. The molecule has 2 aromatic rings. The molecule has 0 spiro atoms. The van der Waals surface area contributed by atoms with E-state index in [1.54, 1.807) is 0 Å². The number of hydrogen-bond acceptors (Lipinski definition) is 2. The van der Waals surface area contributed by atoms with Crippen LogP contribution in [0.25, 0.3) is 10.9 Å². The van der Waals surface area contributed by atoms with Gasteiger partial charge in [-0.2, -0.15) is 0 Å². The van der Waals surface area contributed by atoms with Gasteiger partial charge in [0.25, 0.3) is 0 Å². The molecule has 1 aromatic heterocycles. The molecule has 2 N–H and O–H groups in total. The monoisotopic (exact) mass is 327 g/mol. The van der Waals surface area contributed by atoms with Crippen molar-refractivity contribution in [2.45, 2.75) is 12.5 Å². The predicted octanol–water partition coefficient (Wildman–Crippen LogP) is 3.53. The molecule has 1 aliphatic heterocycles. The van der Waals surface area contributed by atoms with Gasteiger partial charge in [0, 0.05) is 49.3 Å². The van der Waals surface area contributed by atoms with Crippen LogP contribution in [0.15, 0.2) is 43.1 Å². The zero-order chi connectivity index (χ0) is 13.1. The van der Waals surface area contributed by atoms with E-state index in [1.165, 1.54) is 16.5 Å². The van der Waals surface area contributed by atoms with Crippen LogP contribution in [-0.2, 0) is 0 Å². The van der Waals surface area contributed by atoms with Gasteiger partial charge in [0.1, 0.15) is 0 Å². The van der Waals surface area contributed by atoms with Crippen molar-refractivity contribution in [2.75, 3.05) is 26.2 Å². The van der Waals surface area contributed by atoms with Gasteiger partial charge >= 0.3 is 0 Å². The second-order valence-corrected chi connectivity index (χ2v) is 5.12. The second kappa shape index (κ2) is 8.44. The average Bonchev–Trinajstić information content (AvgIpc) is 2.89. The Bertz CT molecular complexity index is 561. The molecule has 1 aliphatic rings. The summed E-state index contributed by atoms with van der Waals surface area (Å²) >= 11 is 0. The first-order chi connectivity index (χ1) is 9.40. The van der Waals surface area contributed by atoms with Crippen LogP contribution in [0.1, 0.15) is 18.0 Å². The van der Waals surface area contributed by atoms with E-state index in [0.29, 0.717) is 6.04 Å². The van der Waals surface area contributed by atoms with Crippen molar-refractivity contribution in [3.05, 3.63) is 48.7 Å². The SMILES string of the molecule is C=CC[C@@H](c1c[nH]c2ccccc12)N1CCNCC1.Cl.Cl. The number of rotatable bonds is 4. The first-order valence-corrected chi connectivity index (χ1v) is 7.02. The minimum Gasteiger partial charge on any atom is -0.361 e. The molecule has 3 nitrogen and oxygen atoms in total. The van der Waals surface area contributed by atoms with E-state index < -0.39 is 0 Å². The fraction of sp³-hybridized carbons (Fsp3) is 0.375. The molecule has 5 heteroatoms. The van der Waals surface area contributed by atoms with Crippen LogP contribution in [0.5, 0.6) is 0 Å². The number of halogens is 2. The van der Waals surface area contributed by atoms with Crippen LogP contribution in [0.2, 0.25) is 0 Å². The molecule has 1 atom stereocenters. The molecule has 0 aliphatic carbocycles. The number of fused-ring (bicyclic) bond motifs is 1. The smallest absolute Gasteiger partial charge is 0.0457 e. The van der Waals surface area contributed by atoms with Gasteiger partial charge in [-0.15, -0.1) is 31.4 Å². The van der Waals surface area contributed by atoms with Gasteiger partial charge in [-0.25, -0.2) is 0 Å². The van der Waals surface area contributed by atoms with Gasteiger partial charge in [-0.05, 0) is 18.1 Å². The van der Waals surface area contributed by atoms with E-state index in [9.17, 15) is 0 Å². The van der Waals surface area contributed by atoms with Gasteiger partial charge < -0.3 is 10.3 Å². The van der Waals surface area contributed by atoms with Crippen molar-refractivity contribution >= 4 is 35.7 Å². The third-order valence-corrected chi connectivity index (χ3v) is 3.96. The van der Waals surface area contributed by atoms with Crippen molar-refractivity contribution in [3.63, 3.8) is 0 Å². The Morgan fingerprint density at radius 3 is 2.62 bits per heavy atom. The van der Waals surface area contributed by atoms with Crippen LogP contribution in [0.4, 0.5) is 0 Å². The molecule has 3 rings (SSSR count). The Morgan fingerprint density at radius 2 is 1.90 bits per heavy atom. The zero-order valence-electron chi connectivity index (χ0n) is 12.0. The molecule has 116 valence electrons. The summed E-state index contributed by atoms with van der Waals surface area (Å²) < 4.78 is 0. The third kappa shape index (κ3) is 3.80. The molecule has 1 saturated heterocycles. The zero-order valence-corrected chi connectivity index (χ0v) is 13.7. The molecule has 0 bridgehead atoms. The van der Waals surface area contributed by atoms with Gasteiger partial charge in [-0.3, -0.25) is 4.90 Å².